The van der Waals surface area contributed by atoms with Gasteiger partial charge in [-0.25, -0.2) is 4.98 Å². The molecule has 0 spiro atoms. The Morgan fingerprint density at radius 2 is 2.03 bits per heavy atom. The van der Waals surface area contributed by atoms with Crippen LogP contribution in [0.15, 0.2) is 47.8 Å². The fraction of sp³-hybridized carbons (Fsp3) is 0.286. The van der Waals surface area contributed by atoms with Gasteiger partial charge < -0.3 is 15.5 Å². The van der Waals surface area contributed by atoms with E-state index in [1.54, 1.807) is 6.07 Å². The predicted octanol–water partition coefficient (Wildman–Crippen LogP) is 3.17. The number of likely N-dealkylation sites (N-methyl/N-ethyl adjacent to an activating group) is 1. The highest BCUT2D eigenvalue weighted by atomic mass is 32.1. The molecule has 6 nitrogen and oxygen atoms in total. The molecule has 150 valence electrons. The molecule has 29 heavy (non-hydrogen) atoms. The zero-order valence-corrected chi connectivity index (χ0v) is 17.7. The number of carbonyl (C=O) groups is 2. The molecule has 8 heteroatoms. The minimum atomic E-state index is -0.685. The molecule has 1 aliphatic heterocycles. The number of aromatic nitrogens is 1. The standard InChI is InChI=1S/C21H22N4O2S2/c1-25-10-9-15-18(13-25)29-21(23-15)24-19(26)16(12-14-6-3-2-4-7-14)22-20(27)17-8-5-11-28-17/h2-8,11,16H,9-10,12-13H2,1H3,(H,22,27)(H,23,24,26). The highest BCUT2D eigenvalue weighted by Crippen LogP contribution is 2.27. The number of anilines is 1. The van der Waals surface area contributed by atoms with E-state index in [9.17, 15) is 9.59 Å². The second kappa shape index (κ2) is 8.86. The average Bonchev–Trinajstić information content (AvgIpc) is 3.37. The quantitative estimate of drug-likeness (QED) is 0.635. The van der Waals surface area contributed by atoms with Gasteiger partial charge in [-0.2, -0.15) is 0 Å². The number of carbonyl (C=O) groups excluding carboxylic acids is 2. The van der Waals surface area contributed by atoms with Crippen LogP contribution in [-0.2, 0) is 24.2 Å². The van der Waals surface area contributed by atoms with E-state index in [1.165, 1.54) is 27.6 Å². The molecule has 1 aromatic carbocycles. The summed E-state index contributed by atoms with van der Waals surface area (Å²) in [6, 6.07) is 12.6. The first-order valence-corrected chi connectivity index (χ1v) is 11.1. The molecule has 4 rings (SSSR count). The number of fused-ring (bicyclic) bond motifs is 1. The minimum absolute atomic E-state index is 0.240. The summed E-state index contributed by atoms with van der Waals surface area (Å²) in [5, 5.41) is 8.25. The summed E-state index contributed by atoms with van der Waals surface area (Å²) in [6.45, 7) is 1.82. The van der Waals surface area contributed by atoms with Crippen molar-refractivity contribution in [2.24, 2.45) is 0 Å². The third kappa shape index (κ3) is 4.90. The summed E-state index contributed by atoms with van der Waals surface area (Å²) < 4.78 is 0. The first-order chi connectivity index (χ1) is 14.1. The lowest BCUT2D eigenvalue weighted by molar-refractivity contribution is -0.118. The van der Waals surface area contributed by atoms with Crippen LogP contribution in [0.25, 0.3) is 0 Å². The number of nitrogens with one attached hydrogen (secondary N) is 2. The zero-order chi connectivity index (χ0) is 20.2. The Morgan fingerprint density at radius 3 is 2.79 bits per heavy atom. The Bertz CT molecular complexity index is 986. The van der Waals surface area contributed by atoms with Crippen molar-refractivity contribution in [2.45, 2.75) is 25.4 Å². The van der Waals surface area contributed by atoms with Gasteiger partial charge in [-0.15, -0.1) is 22.7 Å². The van der Waals surface area contributed by atoms with Gasteiger partial charge in [0.25, 0.3) is 5.91 Å². The lowest BCUT2D eigenvalue weighted by Gasteiger charge is -2.20. The first-order valence-electron chi connectivity index (χ1n) is 9.45. The number of nitrogens with zero attached hydrogens (tertiary/aromatic N) is 2. The van der Waals surface area contributed by atoms with E-state index >= 15 is 0 Å². The number of thiophene rings is 1. The highest BCUT2D eigenvalue weighted by Gasteiger charge is 2.25. The molecule has 0 radical (unpaired) electrons. The van der Waals surface area contributed by atoms with Crippen molar-refractivity contribution in [2.75, 3.05) is 18.9 Å². The van der Waals surface area contributed by atoms with Crippen LogP contribution in [0.4, 0.5) is 5.13 Å². The number of thiazole rings is 1. The van der Waals surface area contributed by atoms with Crippen molar-refractivity contribution in [3.05, 3.63) is 68.9 Å². The van der Waals surface area contributed by atoms with Crippen molar-refractivity contribution in [3.8, 4) is 0 Å². The Morgan fingerprint density at radius 1 is 1.21 bits per heavy atom. The summed E-state index contributed by atoms with van der Waals surface area (Å²) in [7, 11) is 2.08. The third-order valence-corrected chi connectivity index (χ3v) is 6.67. The van der Waals surface area contributed by atoms with Crippen molar-refractivity contribution in [3.63, 3.8) is 0 Å². The summed E-state index contributed by atoms with van der Waals surface area (Å²) in [6.07, 6.45) is 1.30. The third-order valence-electron chi connectivity index (χ3n) is 4.80. The molecular formula is C21H22N4O2S2. The summed E-state index contributed by atoms with van der Waals surface area (Å²) in [4.78, 5) is 34.2. The van der Waals surface area contributed by atoms with E-state index in [-0.39, 0.29) is 11.8 Å². The van der Waals surface area contributed by atoms with Gasteiger partial charge in [-0.3, -0.25) is 9.59 Å². The molecule has 3 heterocycles. The maximum Gasteiger partial charge on any atom is 0.262 e. The SMILES string of the molecule is CN1CCc2nc(NC(=O)C(Cc3ccccc3)NC(=O)c3cccs3)sc2C1. The molecule has 1 unspecified atom stereocenters. The molecule has 0 saturated carbocycles. The first kappa shape index (κ1) is 19.8. The van der Waals surface area contributed by atoms with E-state index in [4.69, 9.17) is 0 Å². The van der Waals surface area contributed by atoms with E-state index in [1.807, 2.05) is 41.8 Å². The fourth-order valence-corrected chi connectivity index (χ4v) is 4.98. The summed E-state index contributed by atoms with van der Waals surface area (Å²) in [5.41, 5.74) is 2.05. The second-order valence-corrected chi connectivity index (χ2v) is 9.09. The van der Waals surface area contributed by atoms with Crippen molar-refractivity contribution in [1.29, 1.82) is 0 Å². The topological polar surface area (TPSA) is 74.3 Å². The Balaban J connectivity index is 1.50. The summed E-state index contributed by atoms with van der Waals surface area (Å²) >= 11 is 2.87. The molecule has 1 atom stereocenters. The molecule has 0 bridgehead atoms. The minimum Gasteiger partial charge on any atom is -0.339 e. The number of hydrogen-bond donors (Lipinski definition) is 2. The van der Waals surface area contributed by atoms with Gasteiger partial charge in [-0.05, 0) is 24.1 Å². The van der Waals surface area contributed by atoms with Crippen LogP contribution in [0.5, 0.6) is 0 Å². The van der Waals surface area contributed by atoms with Gasteiger partial charge in [0.15, 0.2) is 5.13 Å². The van der Waals surface area contributed by atoms with Crippen LogP contribution in [0.1, 0.15) is 25.8 Å². The molecular weight excluding hydrogens is 404 g/mol. The van der Waals surface area contributed by atoms with Gasteiger partial charge in [-0.1, -0.05) is 36.4 Å². The molecule has 1 aliphatic rings. The maximum absolute atomic E-state index is 13.0. The predicted molar refractivity (Wildman–Crippen MR) is 117 cm³/mol. The highest BCUT2D eigenvalue weighted by molar-refractivity contribution is 7.15. The Kier molecular flexibility index (Phi) is 6.03. The monoisotopic (exact) mass is 426 g/mol. The van der Waals surface area contributed by atoms with Gasteiger partial charge in [0.05, 0.1) is 10.6 Å². The number of benzene rings is 1. The smallest absolute Gasteiger partial charge is 0.262 e. The van der Waals surface area contributed by atoms with Gasteiger partial charge in [0.2, 0.25) is 5.91 Å². The normalized spacial score (nSPS) is 14.8. The molecule has 2 N–H and O–H groups in total. The van der Waals surface area contributed by atoms with Gasteiger partial charge in [0.1, 0.15) is 6.04 Å². The van der Waals surface area contributed by atoms with Gasteiger partial charge in [0, 0.05) is 30.8 Å². The van der Waals surface area contributed by atoms with E-state index in [0.29, 0.717) is 16.4 Å². The van der Waals surface area contributed by atoms with Crippen molar-refractivity contribution >= 4 is 39.6 Å². The van der Waals surface area contributed by atoms with Crippen LogP contribution in [0, 0.1) is 0 Å². The lowest BCUT2D eigenvalue weighted by Crippen LogP contribution is -2.45. The molecule has 2 amide bonds. The van der Waals surface area contributed by atoms with Crippen LogP contribution in [0.3, 0.4) is 0 Å². The largest absolute Gasteiger partial charge is 0.339 e. The van der Waals surface area contributed by atoms with Crippen LogP contribution in [-0.4, -0.2) is 41.3 Å². The van der Waals surface area contributed by atoms with Crippen molar-refractivity contribution < 1.29 is 9.59 Å². The molecule has 0 saturated heterocycles. The van der Waals surface area contributed by atoms with E-state index in [2.05, 4.69) is 27.6 Å². The molecule has 0 fully saturated rings. The van der Waals surface area contributed by atoms with Crippen LogP contribution >= 0.6 is 22.7 Å². The van der Waals surface area contributed by atoms with Crippen molar-refractivity contribution in [1.82, 2.24) is 15.2 Å². The van der Waals surface area contributed by atoms with E-state index < -0.39 is 6.04 Å². The average molecular weight is 427 g/mol. The summed E-state index contributed by atoms with van der Waals surface area (Å²) in [5.74, 6) is -0.491. The van der Waals surface area contributed by atoms with E-state index in [0.717, 1.165) is 30.8 Å². The molecule has 0 aliphatic carbocycles. The number of hydrogen-bond acceptors (Lipinski definition) is 6. The van der Waals surface area contributed by atoms with Crippen LogP contribution in [0.2, 0.25) is 0 Å². The van der Waals surface area contributed by atoms with Gasteiger partial charge >= 0.3 is 0 Å². The second-order valence-electron chi connectivity index (χ2n) is 7.06. The fourth-order valence-electron chi connectivity index (χ4n) is 3.27. The number of amides is 2. The zero-order valence-electron chi connectivity index (χ0n) is 16.1. The number of rotatable bonds is 6. The Labute approximate surface area is 177 Å². The molecule has 2 aromatic heterocycles. The Hall–Kier alpha value is -2.55. The molecule has 3 aromatic rings. The van der Waals surface area contributed by atoms with Crippen LogP contribution < -0.4 is 10.6 Å². The maximum atomic E-state index is 13.0. The lowest BCUT2D eigenvalue weighted by atomic mass is 10.1.